The number of carbonyl (C=O) groups is 1. The molecule has 0 fully saturated rings. The number of nitrogens with zero attached hydrogens (tertiary/aromatic N) is 4. The zero-order valence-corrected chi connectivity index (χ0v) is 15.1. The predicted molar refractivity (Wildman–Crippen MR) is 92.5 cm³/mol. The largest absolute Gasteiger partial charge is 0.348 e. The Balaban J connectivity index is 1.73. The summed E-state index contributed by atoms with van der Waals surface area (Å²) in [4.78, 5) is 23.4. The normalized spacial score (nSPS) is 18.0. The van der Waals surface area contributed by atoms with Crippen molar-refractivity contribution in [1.82, 2.24) is 19.4 Å². The van der Waals surface area contributed by atoms with Crippen LogP contribution in [0.15, 0.2) is 18.3 Å². The standard InChI is InChI=1S/C17H24N4OS/c1-12-5-6-15(23-12)11-20-7-8-21-10-14(9-16(22)19(3)4)18-17(21)13(20)2/h5-6,10,13H,7-9,11H2,1-4H3. The SMILES string of the molecule is Cc1ccc(CN2CCn3cc(CC(=O)N(C)C)nc3C2C)s1. The van der Waals surface area contributed by atoms with Gasteiger partial charge in [-0.25, -0.2) is 4.98 Å². The maximum atomic E-state index is 11.9. The molecule has 0 bridgehead atoms. The Morgan fingerprint density at radius 3 is 2.83 bits per heavy atom. The molecule has 3 heterocycles. The van der Waals surface area contributed by atoms with Crippen LogP contribution in [0.2, 0.25) is 0 Å². The molecule has 2 aromatic heterocycles. The minimum Gasteiger partial charge on any atom is -0.348 e. The average molecular weight is 332 g/mol. The first-order valence-electron chi connectivity index (χ1n) is 7.99. The number of fused-ring (bicyclic) bond motifs is 1. The van der Waals surface area contributed by atoms with Gasteiger partial charge in [0.05, 0.1) is 18.2 Å². The van der Waals surface area contributed by atoms with Crippen molar-refractivity contribution >= 4 is 17.2 Å². The van der Waals surface area contributed by atoms with Gasteiger partial charge in [-0.05, 0) is 26.0 Å². The van der Waals surface area contributed by atoms with E-state index in [1.807, 2.05) is 17.5 Å². The first kappa shape index (κ1) is 16.2. The van der Waals surface area contributed by atoms with Gasteiger partial charge in [0.25, 0.3) is 0 Å². The molecule has 0 saturated heterocycles. The molecular weight excluding hydrogens is 308 g/mol. The summed E-state index contributed by atoms with van der Waals surface area (Å²) in [6.07, 6.45) is 2.42. The van der Waals surface area contributed by atoms with Gasteiger partial charge >= 0.3 is 0 Å². The third kappa shape index (κ3) is 3.48. The maximum absolute atomic E-state index is 11.9. The molecule has 0 aromatic carbocycles. The fourth-order valence-electron chi connectivity index (χ4n) is 2.98. The van der Waals surface area contributed by atoms with Gasteiger partial charge in [0, 0.05) is 49.7 Å². The number of hydrogen-bond donors (Lipinski definition) is 0. The minimum absolute atomic E-state index is 0.0963. The van der Waals surface area contributed by atoms with E-state index in [0.29, 0.717) is 6.42 Å². The minimum atomic E-state index is 0.0963. The summed E-state index contributed by atoms with van der Waals surface area (Å²) in [5.74, 6) is 1.17. The third-order valence-corrected chi connectivity index (χ3v) is 5.38. The summed E-state index contributed by atoms with van der Waals surface area (Å²) >= 11 is 1.86. The van der Waals surface area contributed by atoms with E-state index in [1.54, 1.807) is 19.0 Å². The van der Waals surface area contributed by atoms with E-state index < -0.39 is 0 Å². The molecule has 124 valence electrons. The number of thiophene rings is 1. The van der Waals surface area contributed by atoms with Crippen molar-refractivity contribution in [3.63, 3.8) is 0 Å². The number of aromatic nitrogens is 2. The quantitative estimate of drug-likeness (QED) is 0.864. The van der Waals surface area contributed by atoms with Crippen molar-refractivity contribution in [3.8, 4) is 0 Å². The zero-order chi connectivity index (χ0) is 16.6. The Hall–Kier alpha value is -1.66. The van der Waals surface area contributed by atoms with E-state index in [2.05, 4.69) is 35.4 Å². The monoisotopic (exact) mass is 332 g/mol. The Bertz CT molecular complexity index is 703. The molecule has 6 heteroatoms. The van der Waals surface area contributed by atoms with Crippen LogP contribution in [-0.4, -0.2) is 45.9 Å². The first-order chi connectivity index (χ1) is 10.9. The van der Waals surface area contributed by atoms with E-state index in [0.717, 1.165) is 31.2 Å². The number of imidazole rings is 1. The van der Waals surface area contributed by atoms with Crippen molar-refractivity contribution in [1.29, 1.82) is 0 Å². The predicted octanol–water partition coefficient (Wildman–Crippen LogP) is 2.46. The van der Waals surface area contributed by atoms with Crippen molar-refractivity contribution < 1.29 is 4.79 Å². The molecule has 0 N–H and O–H groups in total. The number of rotatable bonds is 4. The van der Waals surface area contributed by atoms with Crippen LogP contribution in [0.4, 0.5) is 0 Å². The lowest BCUT2D eigenvalue weighted by Crippen LogP contribution is -2.36. The summed E-state index contributed by atoms with van der Waals surface area (Å²) in [5.41, 5.74) is 0.874. The molecule has 1 unspecified atom stereocenters. The van der Waals surface area contributed by atoms with Gasteiger partial charge in [0.1, 0.15) is 5.82 Å². The van der Waals surface area contributed by atoms with E-state index in [-0.39, 0.29) is 11.9 Å². The van der Waals surface area contributed by atoms with Gasteiger partial charge in [0.2, 0.25) is 5.91 Å². The summed E-state index contributed by atoms with van der Waals surface area (Å²) in [5, 5.41) is 0. The number of carbonyl (C=O) groups excluding carboxylic acids is 1. The second-order valence-corrected chi connectivity index (χ2v) is 7.78. The van der Waals surface area contributed by atoms with Crippen LogP contribution in [-0.2, 0) is 24.3 Å². The maximum Gasteiger partial charge on any atom is 0.228 e. The number of amides is 1. The topological polar surface area (TPSA) is 41.4 Å². The molecule has 5 nitrogen and oxygen atoms in total. The van der Waals surface area contributed by atoms with Crippen LogP contribution in [0, 0.1) is 6.92 Å². The molecule has 1 aliphatic heterocycles. The van der Waals surface area contributed by atoms with Crippen LogP contribution < -0.4 is 0 Å². The van der Waals surface area contributed by atoms with Crippen molar-refractivity contribution in [3.05, 3.63) is 39.6 Å². The van der Waals surface area contributed by atoms with Crippen molar-refractivity contribution in [2.45, 2.75) is 39.4 Å². The fraction of sp³-hybridized carbons (Fsp3) is 0.529. The van der Waals surface area contributed by atoms with Crippen LogP contribution in [0.5, 0.6) is 0 Å². The Morgan fingerprint density at radius 2 is 2.17 bits per heavy atom. The fourth-order valence-corrected chi connectivity index (χ4v) is 3.89. The van der Waals surface area contributed by atoms with Crippen molar-refractivity contribution in [2.75, 3.05) is 20.6 Å². The van der Waals surface area contributed by atoms with E-state index in [1.165, 1.54) is 9.75 Å². The number of aryl methyl sites for hydroxylation is 1. The highest BCUT2D eigenvalue weighted by Gasteiger charge is 2.27. The summed E-state index contributed by atoms with van der Waals surface area (Å²) in [6, 6.07) is 4.67. The molecule has 23 heavy (non-hydrogen) atoms. The molecule has 1 atom stereocenters. The van der Waals surface area contributed by atoms with E-state index in [4.69, 9.17) is 4.98 Å². The van der Waals surface area contributed by atoms with Gasteiger partial charge in [-0.1, -0.05) is 0 Å². The number of hydrogen-bond acceptors (Lipinski definition) is 4. The molecule has 3 rings (SSSR count). The van der Waals surface area contributed by atoms with Gasteiger partial charge < -0.3 is 9.47 Å². The van der Waals surface area contributed by atoms with Crippen molar-refractivity contribution in [2.24, 2.45) is 0 Å². The molecule has 0 saturated carbocycles. The second kappa shape index (κ2) is 6.45. The van der Waals surface area contributed by atoms with Gasteiger partial charge in [-0.3, -0.25) is 9.69 Å². The molecule has 2 aromatic rings. The molecule has 0 spiro atoms. The van der Waals surface area contributed by atoms with Crippen LogP contribution in [0.3, 0.4) is 0 Å². The molecule has 0 radical (unpaired) electrons. The highest BCUT2D eigenvalue weighted by Crippen LogP contribution is 2.28. The van der Waals surface area contributed by atoms with Gasteiger partial charge in [0.15, 0.2) is 0 Å². The highest BCUT2D eigenvalue weighted by molar-refractivity contribution is 7.11. The van der Waals surface area contributed by atoms with Crippen LogP contribution >= 0.6 is 11.3 Å². The van der Waals surface area contributed by atoms with Crippen LogP contribution in [0.1, 0.15) is 34.2 Å². The average Bonchev–Trinajstić information content (AvgIpc) is 3.08. The Kier molecular flexibility index (Phi) is 4.55. The summed E-state index contributed by atoms with van der Waals surface area (Å²) in [7, 11) is 3.57. The molecule has 0 aliphatic carbocycles. The lowest BCUT2D eigenvalue weighted by atomic mass is 10.2. The highest BCUT2D eigenvalue weighted by atomic mass is 32.1. The second-order valence-electron chi connectivity index (χ2n) is 6.41. The number of likely N-dealkylation sites (N-methyl/N-ethyl adjacent to an activating group) is 1. The molecule has 1 amide bonds. The van der Waals surface area contributed by atoms with Gasteiger partial charge in [-0.15, -0.1) is 11.3 Å². The smallest absolute Gasteiger partial charge is 0.228 e. The lowest BCUT2D eigenvalue weighted by molar-refractivity contribution is -0.128. The lowest BCUT2D eigenvalue weighted by Gasteiger charge is -2.33. The Morgan fingerprint density at radius 1 is 1.39 bits per heavy atom. The van der Waals surface area contributed by atoms with Gasteiger partial charge in [-0.2, -0.15) is 0 Å². The zero-order valence-electron chi connectivity index (χ0n) is 14.2. The third-order valence-electron chi connectivity index (χ3n) is 4.39. The summed E-state index contributed by atoms with van der Waals surface area (Å²) < 4.78 is 2.21. The molecular formula is C17H24N4OS. The first-order valence-corrected chi connectivity index (χ1v) is 8.81. The Labute approximate surface area is 141 Å². The van der Waals surface area contributed by atoms with Crippen LogP contribution in [0.25, 0.3) is 0 Å². The van der Waals surface area contributed by atoms with E-state index in [9.17, 15) is 4.79 Å². The molecule has 1 aliphatic rings. The van der Waals surface area contributed by atoms with E-state index >= 15 is 0 Å². The summed E-state index contributed by atoms with van der Waals surface area (Å²) in [6.45, 7) is 7.28.